The molecule has 1 amide bonds. The van der Waals surface area contributed by atoms with Crippen molar-refractivity contribution in [2.45, 2.75) is 33.6 Å². The molecule has 3 nitrogen and oxygen atoms in total. The molecule has 1 aromatic carbocycles. The van der Waals surface area contributed by atoms with Crippen LogP contribution in [0.2, 0.25) is 0 Å². The van der Waals surface area contributed by atoms with Crippen molar-refractivity contribution in [3.05, 3.63) is 23.8 Å². The number of anilines is 2. The maximum absolute atomic E-state index is 11.0. The first-order valence-electron chi connectivity index (χ1n) is 5.69. The van der Waals surface area contributed by atoms with Crippen molar-refractivity contribution < 1.29 is 4.79 Å². The number of rotatable bonds is 4. The van der Waals surface area contributed by atoms with Gasteiger partial charge in [0.25, 0.3) is 0 Å². The van der Waals surface area contributed by atoms with Crippen molar-refractivity contribution in [2.75, 3.05) is 17.2 Å². The minimum absolute atomic E-state index is 0.0386. The van der Waals surface area contributed by atoms with Crippen molar-refractivity contribution in [1.82, 2.24) is 0 Å². The van der Waals surface area contributed by atoms with E-state index in [0.29, 0.717) is 5.92 Å². The van der Waals surface area contributed by atoms with Gasteiger partial charge < -0.3 is 10.6 Å². The average molecular weight is 220 g/mol. The van der Waals surface area contributed by atoms with Gasteiger partial charge in [-0.05, 0) is 36.6 Å². The third-order valence-electron chi connectivity index (χ3n) is 2.32. The molecule has 88 valence electrons. The predicted molar refractivity (Wildman–Crippen MR) is 69.0 cm³/mol. The van der Waals surface area contributed by atoms with Crippen molar-refractivity contribution in [3.63, 3.8) is 0 Å². The zero-order valence-electron chi connectivity index (χ0n) is 10.4. The quantitative estimate of drug-likeness (QED) is 0.818. The second-order valence-corrected chi connectivity index (χ2v) is 4.21. The third-order valence-corrected chi connectivity index (χ3v) is 2.32. The highest BCUT2D eigenvalue weighted by Gasteiger charge is 2.05. The highest BCUT2D eigenvalue weighted by atomic mass is 16.1. The fourth-order valence-corrected chi connectivity index (χ4v) is 1.57. The van der Waals surface area contributed by atoms with Crippen LogP contribution in [0.25, 0.3) is 0 Å². The smallest absolute Gasteiger partial charge is 0.221 e. The largest absolute Gasteiger partial charge is 0.385 e. The summed E-state index contributed by atoms with van der Waals surface area (Å²) in [4.78, 5) is 11.0. The summed E-state index contributed by atoms with van der Waals surface area (Å²) in [5.74, 6) is 0.412. The molecule has 0 aromatic heterocycles. The number of nitrogens with one attached hydrogen (secondary N) is 2. The number of benzene rings is 1. The second-order valence-electron chi connectivity index (χ2n) is 4.21. The molecule has 3 heteroatoms. The number of carbonyl (C=O) groups excluding carboxylic acids is 1. The average Bonchev–Trinajstić information content (AvgIpc) is 2.16. The Morgan fingerprint density at radius 1 is 1.25 bits per heavy atom. The number of amides is 1. The van der Waals surface area contributed by atoms with Crippen LogP contribution >= 0.6 is 0 Å². The van der Waals surface area contributed by atoms with Crippen molar-refractivity contribution in [2.24, 2.45) is 0 Å². The molecular formula is C13H20N2O. The summed E-state index contributed by atoms with van der Waals surface area (Å²) in [7, 11) is 0. The van der Waals surface area contributed by atoms with Crippen molar-refractivity contribution in [3.8, 4) is 0 Å². The molecule has 0 atom stereocenters. The predicted octanol–water partition coefficient (Wildman–Crippen LogP) is 3.20. The fraction of sp³-hybridized carbons (Fsp3) is 0.462. The highest BCUT2D eigenvalue weighted by Crippen LogP contribution is 2.24. The van der Waals surface area contributed by atoms with Gasteiger partial charge in [0, 0.05) is 24.8 Å². The van der Waals surface area contributed by atoms with Gasteiger partial charge in [0.2, 0.25) is 5.91 Å². The normalized spacial score (nSPS) is 10.3. The SMILES string of the molecule is CCNc1cc(NC(C)=O)cc(C(C)C)c1. The number of carbonyl (C=O) groups is 1. The molecule has 0 bridgehead atoms. The maximum Gasteiger partial charge on any atom is 0.221 e. The maximum atomic E-state index is 11.0. The van der Waals surface area contributed by atoms with Crippen LogP contribution in [-0.4, -0.2) is 12.5 Å². The standard InChI is InChI=1S/C13H20N2O/c1-5-14-12-6-11(9(2)3)7-13(8-12)15-10(4)16/h6-9,14H,5H2,1-4H3,(H,15,16). The minimum Gasteiger partial charge on any atom is -0.385 e. The molecule has 0 heterocycles. The number of hydrogen-bond donors (Lipinski definition) is 2. The monoisotopic (exact) mass is 220 g/mol. The first-order chi connectivity index (χ1) is 7.52. The van der Waals surface area contributed by atoms with Crippen LogP contribution in [0.3, 0.4) is 0 Å². The summed E-state index contributed by atoms with van der Waals surface area (Å²) in [6.45, 7) is 8.74. The van der Waals surface area contributed by atoms with Gasteiger partial charge >= 0.3 is 0 Å². The van der Waals surface area contributed by atoms with Crippen molar-refractivity contribution >= 4 is 17.3 Å². The molecule has 0 fully saturated rings. The zero-order chi connectivity index (χ0) is 12.1. The van der Waals surface area contributed by atoms with Crippen LogP contribution in [0, 0.1) is 0 Å². The Labute approximate surface area is 97.2 Å². The van der Waals surface area contributed by atoms with Gasteiger partial charge in [0.15, 0.2) is 0 Å². The molecule has 0 aliphatic heterocycles. The Hall–Kier alpha value is -1.51. The van der Waals surface area contributed by atoms with Gasteiger partial charge in [-0.1, -0.05) is 13.8 Å². The Morgan fingerprint density at radius 3 is 2.38 bits per heavy atom. The Balaban J connectivity index is 3.03. The van der Waals surface area contributed by atoms with Crippen LogP contribution < -0.4 is 10.6 Å². The molecule has 0 radical (unpaired) electrons. The molecule has 0 saturated carbocycles. The third kappa shape index (κ3) is 3.57. The second kappa shape index (κ2) is 5.54. The van der Waals surface area contributed by atoms with E-state index < -0.39 is 0 Å². The van der Waals surface area contributed by atoms with Crippen LogP contribution in [0.1, 0.15) is 39.2 Å². The zero-order valence-corrected chi connectivity index (χ0v) is 10.4. The van der Waals surface area contributed by atoms with Crippen LogP contribution in [0.5, 0.6) is 0 Å². The van der Waals surface area contributed by atoms with E-state index in [9.17, 15) is 4.79 Å². The first-order valence-corrected chi connectivity index (χ1v) is 5.69. The van der Waals surface area contributed by atoms with Gasteiger partial charge in [-0.15, -0.1) is 0 Å². The van der Waals surface area contributed by atoms with Crippen LogP contribution in [0.15, 0.2) is 18.2 Å². The molecule has 0 spiro atoms. The summed E-state index contributed by atoms with van der Waals surface area (Å²) in [5.41, 5.74) is 3.13. The highest BCUT2D eigenvalue weighted by molar-refractivity contribution is 5.89. The molecule has 0 saturated heterocycles. The molecule has 0 aliphatic rings. The summed E-state index contributed by atoms with van der Waals surface area (Å²) in [5, 5.41) is 6.09. The van der Waals surface area contributed by atoms with Gasteiger partial charge in [-0.2, -0.15) is 0 Å². The van der Waals surface area contributed by atoms with E-state index in [1.54, 1.807) is 0 Å². The lowest BCUT2D eigenvalue weighted by Gasteiger charge is -2.13. The van der Waals surface area contributed by atoms with Crippen molar-refractivity contribution in [1.29, 1.82) is 0 Å². The van der Waals surface area contributed by atoms with E-state index in [4.69, 9.17) is 0 Å². The Kier molecular flexibility index (Phi) is 4.35. The van der Waals surface area contributed by atoms with E-state index in [1.807, 2.05) is 12.1 Å². The molecular weight excluding hydrogens is 200 g/mol. The Morgan fingerprint density at radius 2 is 1.88 bits per heavy atom. The van der Waals surface area contributed by atoms with E-state index in [2.05, 4.69) is 37.5 Å². The Bertz CT molecular complexity index is 372. The summed E-state index contributed by atoms with van der Waals surface area (Å²) < 4.78 is 0. The summed E-state index contributed by atoms with van der Waals surface area (Å²) >= 11 is 0. The van der Waals surface area contributed by atoms with Gasteiger partial charge in [-0.25, -0.2) is 0 Å². The molecule has 1 rings (SSSR count). The summed E-state index contributed by atoms with van der Waals surface area (Å²) in [6, 6.07) is 6.10. The lowest BCUT2D eigenvalue weighted by Crippen LogP contribution is -2.07. The lowest BCUT2D eigenvalue weighted by molar-refractivity contribution is -0.114. The molecule has 1 aromatic rings. The van der Waals surface area contributed by atoms with E-state index in [0.717, 1.165) is 17.9 Å². The topological polar surface area (TPSA) is 41.1 Å². The molecule has 16 heavy (non-hydrogen) atoms. The van der Waals surface area contributed by atoms with Crippen LogP contribution in [0.4, 0.5) is 11.4 Å². The fourth-order valence-electron chi connectivity index (χ4n) is 1.57. The van der Waals surface area contributed by atoms with Gasteiger partial charge in [0.1, 0.15) is 0 Å². The number of hydrogen-bond acceptors (Lipinski definition) is 2. The first kappa shape index (κ1) is 12.6. The van der Waals surface area contributed by atoms with Crippen LogP contribution in [-0.2, 0) is 4.79 Å². The molecule has 2 N–H and O–H groups in total. The lowest BCUT2D eigenvalue weighted by atomic mass is 10.0. The van der Waals surface area contributed by atoms with Gasteiger partial charge in [-0.3, -0.25) is 4.79 Å². The van der Waals surface area contributed by atoms with E-state index in [-0.39, 0.29) is 5.91 Å². The van der Waals surface area contributed by atoms with Gasteiger partial charge in [0.05, 0.1) is 0 Å². The van der Waals surface area contributed by atoms with E-state index >= 15 is 0 Å². The molecule has 0 aliphatic carbocycles. The van der Waals surface area contributed by atoms with E-state index in [1.165, 1.54) is 12.5 Å². The summed E-state index contributed by atoms with van der Waals surface area (Å²) in [6.07, 6.45) is 0. The molecule has 0 unspecified atom stereocenters. The minimum atomic E-state index is -0.0386.